The van der Waals surface area contributed by atoms with Gasteiger partial charge in [-0.05, 0) is 42.8 Å². The van der Waals surface area contributed by atoms with Gasteiger partial charge in [-0.15, -0.1) is 0 Å². The van der Waals surface area contributed by atoms with Gasteiger partial charge in [-0.2, -0.15) is 0 Å². The van der Waals surface area contributed by atoms with Gasteiger partial charge in [0.05, 0.1) is 5.69 Å². The highest BCUT2D eigenvalue weighted by atomic mass is 79.9. The molecule has 0 saturated carbocycles. The molecule has 0 aromatic heterocycles. The highest BCUT2D eigenvalue weighted by Crippen LogP contribution is 2.20. The average Bonchev–Trinajstić information content (AvgIpc) is 2.43. The zero-order valence-electron chi connectivity index (χ0n) is 10.7. The van der Waals surface area contributed by atoms with E-state index in [1.165, 1.54) is 12.1 Å². The highest BCUT2D eigenvalue weighted by molar-refractivity contribution is 9.10. The van der Waals surface area contributed by atoms with Crippen LogP contribution in [0.15, 0.2) is 46.9 Å². The third kappa shape index (κ3) is 3.43. The van der Waals surface area contributed by atoms with Crippen LogP contribution in [-0.2, 0) is 6.42 Å². The van der Waals surface area contributed by atoms with Crippen LogP contribution in [0.4, 0.5) is 10.1 Å². The molecule has 0 radical (unpaired) electrons. The zero-order chi connectivity index (χ0) is 14.5. The Bertz CT molecular complexity index is 631. The van der Waals surface area contributed by atoms with Gasteiger partial charge in [0.1, 0.15) is 5.82 Å². The molecule has 1 amide bonds. The minimum atomic E-state index is -0.482. The van der Waals surface area contributed by atoms with Crippen LogP contribution in [0.1, 0.15) is 15.9 Å². The van der Waals surface area contributed by atoms with E-state index in [9.17, 15) is 9.18 Å². The molecule has 5 heteroatoms. The Kier molecular flexibility index (Phi) is 4.87. The van der Waals surface area contributed by atoms with Crippen LogP contribution < -0.4 is 11.1 Å². The third-order valence-corrected chi connectivity index (χ3v) is 3.35. The van der Waals surface area contributed by atoms with Crippen LogP contribution >= 0.6 is 15.9 Å². The number of rotatable bonds is 4. The molecule has 0 aliphatic carbocycles. The van der Waals surface area contributed by atoms with E-state index in [2.05, 4.69) is 21.2 Å². The monoisotopic (exact) mass is 336 g/mol. The maximum Gasteiger partial charge on any atom is 0.256 e. The number of nitrogens with two attached hydrogens (primary N) is 1. The fraction of sp³-hybridized carbons (Fsp3) is 0.133. The number of carbonyl (C=O) groups is 1. The van der Waals surface area contributed by atoms with E-state index in [1.807, 2.05) is 12.1 Å². The number of halogens is 2. The Morgan fingerprint density at radius 1 is 1.25 bits per heavy atom. The van der Waals surface area contributed by atoms with Crippen LogP contribution in [0.2, 0.25) is 0 Å². The molecule has 0 bridgehead atoms. The highest BCUT2D eigenvalue weighted by Gasteiger charge is 2.12. The molecule has 104 valence electrons. The number of anilines is 1. The van der Waals surface area contributed by atoms with Crippen LogP contribution in [-0.4, -0.2) is 12.5 Å². The molecule has 2 rings (SSSR count). The molecular formula is C15H14BrFN2O. The van der Waals surface area contributed by atoms with Gasteiger partial charge >= 0.3 is 0 Å². The largest absolute Gasteiger partial charge is 0.330 e. The standard InChI is InChI=1S/C15H14BrFN2O/c16-11-5-6-14(13(17)9-11)19-15(20)12-4-2-1-3-10(12)7-8-18/h1-6,9H,7-8,18H2,(H,19,20). The van der Waals surface area contributed by atoms with Crippen LogP contribution in [0.25, 0.3) is 0 Å². The summed E-state index contributed by atoms with van der Waals surface area (Å²) < 4.78 is 14.3. The van der Waals surface area contributed by atoms with Crippen LogP contribution in [0.3, 0.4) is 0 Å². The normalized spacial score (nSPS) is 10.3. The summed E-state index contributed by atoms with van der Waals surface area (Å²) in [6.07, 6.45) is 0.604. The molecule has 0 unspecified atom stereocenters. The molecule has 20 heavy (non-hydrogen) atoms. The van der Waals surface area contributed by atoms with Crippen molar-refractivity contribution in [2.45, 2.75) is 6.42 Å². The lowest BCUT2D eigenvalue weighted by molar-refractivity contribution is 0.102. The molecule has 2 aromatic rings. The first-order chi connectivity index (χ1) is 9.61. The Balaban J connectivity index is 2.24. The summed E-state index contributed by atoms with van der Waals surface area (Å²) in [6, 6.07) is 11.7. The van der Waals surface area contributed by atoms with Crippen molar-refractivity contribution in [3.63, 3.8) is 0 Å². The van der Waals surface area contributed by atoms with E-state index in [4.69, 9.17) is 5.73 Å². The van der Waals surface area contributed by atoms with Gasteiger partial charge < -0.3 is 11.1 Å². The molecule has 0 aliphatic heterocycles. The maximum absolute atomic E-state index is 13.7. The molecule has 0 spiro atoms. The van der Waals surface area contributed by atoms with E-state index < -0.39 is 5.82 Å². The lowest BCUT2D eigenvalue weighted by Crippen LogP contribution is -2.16. The lowest BCUT2D eigenvalue weighted by Gasteiger charge is -2.10. The van der Waals surface area contributed by atoms with E-state index >= 15 is 0 Å². The van der Waals surface area contributed by atoms with Gasteiger partial charge in [0.25, 0.3) is 5.91 Å². The molecule has 2 aromatic carbocycles. The second kappa shape index (κ2) is 6.63. The van der Waals surface area contributed by atoms with Gasteiger partial charge in [0.15, 0.2) is 0 Å². The first kappa shape index (κ1) is 14.7. The van der Waals surface area contributed by atoms with E-state index in [0.717, 1.165) is 5.56 Å². The summed E-state index contributed by atoms with van der Waals surface area (Å²) in [5.41, 5.74) is 7.05. The Hall–Kier alpha value is -1.72. The second-order valence-electron chi connectivity index (χ2n) is 4.27. The zero-order valence-corrected chi connectivity index (χ0v) is 12.3. The van der Waals surface area contributed by atoms with Crippen molar-refractivity contribution in [2.24, 2.45) is 5.73 Å². The van der Waals surface area contributed by atoms with E-state index in [0.29, 0.717) is 23.0 Å². The Morgan fingerprint density at radius 3 is 2.70 bits per heavy atom. The minimum Gasteiger partial charge on any atom is -0.330 e. The van der Waals surface area contributed by atoms with Crippen molar-refractivity contribution in [3.8, 4) is 0 Å². The Labute approximate surface area is 125 Å². The van der Waals surface area contributed by atoms with Crippen molar-refractivity contribution in [1.82, 2.24) is 0 Å². The first-order valence-corrected chi connectivity index (χ1v) is 6.95. The number of hydrogen-bond donors (Lipinski definition) is 2. The van der Waals surface area contributed by atoms with Crippen LogP contribution in [0, 0.1) is 5.82 Å². The van der Waals surface area contributed by atoms with Gasteiger partial charge in [0.2, 0.25) is 0 Å². The van der Waals surface area contributed by atoms with Crippen molar-refractivity contribution in [3.05, 3.63) is 63.9 Å². The number of nitrogens with one attached hydrogen (secondary N) is 1. The van der Waals surface area contributed by atoms with Gasteiger partial charge in [0, 0.05) is 10.0 Å². The number of hydrogen-bond acceptors (Lipinski definition) is 2. The summed E-state index contributed by atoms with van der Waals surface area (Å²) in [7, 11) is 0. The number of amides is 1. The van der Waals surface area contributed by atoms with E-state index in [1.54, 1.807) is 18.2 Å². The fourth-order valence-electron chi connectivity index (χ4n) is 1.90. The molecule has 3 nitrogen and oxygen atoms in total. The third-order valence-electron chi connectivity index (χ3n) is 2.85. The molecule has 0 fully saturated rings. The molecule has 3 N–H and O–H groups in total. The average molecular weight is 337 g/mol. The summed E-state index contributed by atoms with van der Waals surface area (Å²) >= 11 is 3.17. The second-order valence-corrected chi connectivity index (χ2v) is 5.19. The molecular weight excluding hydrogens is 323 g/mol. The SMILES string of the molecule is NCCc1ccccc1C(=O)Nc1ccc(Br)cc1F. The topological polar surface area (TPSA) is 55.1 Å². The number of benzene rings is 2. The van der Waals surface area contributed by atoms with Crippen LogP contribution in [0.5, 0.6) is 0 Å². The van der Waals surface area contributed by atoms with Gasteiger partial charge in [-0.1, -0.05) is 34.1 Å². The fourth-order valence-corrected chi connectivity index (χ4v) is 2.23. The Morgan fingerprint density at radius 2 is 2.00 bits per heavy atom. The van der Waals surface area contributed by atoms with E-state index in [-0.39, 0.29) is 11.6 Å². The van der Waals surface area contributed by atoms with Crippen molar-refractivity contribution in [1.29, 1.82) is 0 Å². The maximum atomic E-state index is 13.7. The summed E-state index contributed by atoms with van der Waals surface area (Å²) in [5, 5.41) is 2.58. The molecule has 0 saturated heterocycles. The van der Waals surface area contributed by atoms with Gasteiger partial charge in [-0.25, -0.2) is 4.39 Å². The van der Waals surface area contributed by atoms with Gasteiger partial charge in [-0.3, -0.25) is 4.79 Å². The number of carbonyl (C=O) groups excluding carboxylic acids is 1. The molecule has 0 heterocycles. The van der Waals surface area contributed by atoms with Crippen molar-refractivity contribution in [2.75, 3.05) is 11.9 Å². The predicted molar refractivity (Wildman–Crippen MR) is 81.3 cm³/mol. The summed E-state index contributed by atoms with van der Waals surface area (Å²) in [4.78, 5) is 12.2. The van der Waals surface area contributed by atoms with Crippen molar-refractivity contribution >= 4 is 27.5 Å². The minimum absolute atomic E-state index is 0.153. The molecule has 0 aliphatic rings. The lowest BCUT2D eigenvalue weighted by atomic mass is 10.0. The summed E-state index contributed by atoms with van der Waals surface area (Å²) in [6.45, 7) is 0.455. The first-order valence-electron chi connectivity index (χ1n) is 6.16. The predicted octanol–water partition coefficient (Wildman–Crippen LogP) is 3.34. The molecule has 0 atom stereocenters. The summed E-state index contributed by atoms with van der Waals surface area (Å²) in [5.74, 6) is -0.820. The smallest absolute Gasteiger partial charge is 0.256 e. The quantitative estimate of drug-likeness (QED) is 0.899. The van der Waals surface area contributed by atoms with Crippen molar-refractivity contribution < 1.29 is 9.18 Å².